The first-order chi connectivity index (χ1) is 14.4. The molecule has 1 aromatic rings. The molecule has 0 saturated carbocycles. The maximum Gasteiger partial charge on any atom is 0.353 e. The molecule has 7 nitrogen and oxygen atoms in total. The summed E-state index contributed by atoms with van der Waals surface area (Å²) in [4.78, 5) is 37.4. The molecule has 0 unspecified atom stereocenters. The van der Waals surface area contributed by atoms with Gasteiger partial charge in [-0.15, -0.1) is 0 Å². The first-order valence-electron chi connectivity index (χ1n) is 10.2. The minimum Gasteiger partial charge on any atom is -0.488 e. The Balaban J connectivity index is 1.72. The third kappa shape index (κ3) is 4.44. The van der Waals surface area contributed by atoms with Crippen LogP contribution < -0.4 is 4.74 Å². The van der Waals surface area contributed by atoms with Gasteiger partial charge in [-0.2, -0.15) is 0 Å². The molecular weight excluding hydrogens is 434 g/mol. The first-order valence-corrected chi connectivity index (χ1v) is 14.0. The van der Waals surface area contributed by atoms with E-state index in [1.54, 1.807) is 24.3 Å². The van der Waals surface area contributed by atoms with Crippen molar-refractivity contribution in [3.05, 3.63) is 40.4 Å². The van der Waals surface area contributed by atoms with E-state index in [-0.39, 0.29) is 34.7 Å². The average molecular weight is 464 g/mol. The molecule has 1 amide bonds. The maximum absolute atomic E-state index is 12.9. The van der Waals surface area contributed by atoms with E-state index in [9.17, 15) is 19.5 Å². The minimum absolute atomic E-state index is 0.0133. The van der Waals surface area contributed by atoms with Crippen molar-refractivity contribution in [1.82, 2.24) is 4.90 Å². The van der Waals surface area contributed by atoms with Gasteiger partial charge in [-0.05, 0) is 49.3 Å². The molecule has 1 aromatic carbocycles. The number of ether oxygens (including phenoxy) is 1. The second-order valence-electron chi connectivity index (χ2n) is 9.38. The molecule has 1 saturated heterocycles. The largest absolute Gasteiger partial charge is 0.488 e. The highest BCUT2D eigenvalue weighted by Gasteiger charge is 2.59. The molecule has 1 N–H and O–H groups in total. The number of β-lactam (4-membered cyclic amide) rings is 1. The van der Waals surface area contributed by atoms with Crippen molar-refractivity contribution >= 4 is 38.2 Å². The van der Waals surface area contributed by atoms with Crippen molar-refractivity contribution in [2.75, 3.05) is 6.61 Å². The van der Waals surface area contributed by atoms with Gasteiger partial charge in [-0.25, -0.2) is 4.79 Å². The Morgan fingerprint density at radius 2 is 1.90 bits per heavy atom. The van der Waals surface area contributed by atoms with E-state index in [2.05, 4.69) is 33.9 Å². The van der Waals surface area contributed by atoms with E-state index in [1.165, 1.54) is 16.7 Å². The zero-order valence-corrected chi connectivity index (χ0v) is 20.5. The number of carboxylic acid groups (broad SMARTS) is 1. The zero-order valence-electron chi connectivity index (χ0n) is 18.7. The Morgan fingerprint density at radius 3 is 2.42 bits per heavy atom. The molecule has 1 fully saturated rings. The Bertz CT molecular complexity index is 921. The molecule has 31 heavy (non-hydrogen) atoms. The molecule has 0 aliphatic carbocycles. The summed E-state index contributed by atoms with van der Waals surface area (Å²) in [5.74, 6) is -1.23. The molecule has 168 valence electrons. The molecule has 9 heteroatoms. The lowest BCUT2D eigenvalue weighted by Crippen LogP contribution is -2.62. The van der Waals surface area contributed by atoms with E-state index in [0.717, 1.165) is 6.29 Å². The van der Waals surface area contributed by atoms with Crippen molar-refractivity contribution < 1.29 is 28.7 Å². The van der Waals surface area contributed by atoms with Crippen molar-refractivity contribution in [3.8, 4) is 5.75 Å². The average Bonchev–Trinajstić information content (AvgIpc) is 3.00. The Hall–Kier alpha value is -2.10. The quantitative estimate of drug-likeness (QED) is 0.352. The van der Waals surface area contributed by atoms with Gasteiger partial charge in [-0.1, -0.05) is 32.5 Å². The van der Waals surface area contributed by atoms with E-state index in [0.29, 0.717) is 16.2 Å². The van der Waals surface area contributed by atoms with Crippen LogP contribution >= 0.6 is 11.8 Å². The van der Waals surface area contributed by atoms with Gasteiger partial charge >= 0.3 is 5.97 Å². The van der Waals surface area contributed by atoms with E-state index < -0.39 is 20.2 Å². The molecule has 0 spiro atoms. The van der Waals surface area contributed by atoms with E-state index in [4.69, 9.17) is 9.16 Å². The number of thioether (sulfide) groups is 1. The summed E-state index contributed by atoms with van der Waals surface area (Å²) < 4.78 is 12.1. The number of carbonyl (C=O) groups excluding carboxylic acids is 2. The van der Waals surface area contributed by atoms with Crippen LogP contribution in [0.1, 0.15) is 38.1 Å². The number of carbonyl (C=O) groups is 3. The molecule has 0 aromatic heterocycles. The topological polar surface area (TPSA) is 93.1 Å². The maximum atomic E-state index is 12.9. The van der Waals surface area contributed by atoms with Crippen LogP contribution in [0.25, 0.3) is 0 Å². The van der Waals surface area contributed by atoms with Crippen molar-refractivity contribution in [2.24, 2.45) is 5.92 Å². The molecule has 2 aliphatic heterocycles. The highest BCUT2D eigenvalue weighted by Crippen LogP contribution is 2.51. The van der Waals surface area contributed by atoms with Gasteiger partial charge in [-0.3, -0.25) is 14.5 Å². The number of hydrogen-bond donors (Lipinski definition) is 1. The van der Waals surface area contributed by atoms with Gasteiger partial charge in [0.1, 0.15) is 29.7 Å². The van der Waals surface area contributed by atoms with Crippen LogP contribution in [0.2, 0.25) is 18.1 Å². The molecule has 2 aliphatic rings. The van der Waals surface area contributed by atoms with Crippen LogP contribution in [0.4, 0.5) is 0 Å². The number of rotatable bonds is 8. The third-order valence-corrected chi connectivity index (χ3v) is 12.1. The molecule has 0 radical (unpaired) electrons. The molecular formula is C22H29NO6SSi. The summed E-state index contributed by atoms with van der Waals surface area (Å²) in [5, 5.41) is 9.44. The van der Waals surface area contributed by atoms with Gasteiger partial charge in [0.25, 0.3) is 0 Å². The predicted molar refractivity (Wildman–Crippen MR) is 121 cm³/mol. The Morgan fingerprint density at radius 1 is 1.29 bits per heavy atom. The second kappa shape index (κ2) is 8.44. The fourth-order valence-electron chi connectivity index (χ4n) is 3.45. The standard InChI is InChI=1S/C22H29NO6SSi/c1-13(29-31(5,6)22(2,3)4)17-19(25)23-18(21(26)27)16(30-20(17)23)12-28-15-9-7-14(11-24)8-10-15/h7-11,13,17,20H,12H2,1-6H3,(H,26,27)/t13-,17+,20-/m1/s1. The molecule has 3 atom stereocenters. The fourth-order valence-corrected chi connectivity index (χ4v) is 6.39. The van der Waals surface area contributed by atoms with Crippen LogP contribution in [0.15, 0.2) is 34.9 Å². The Labute approximate surface area is 187 Å². The molecule has 3 rings (SSSR count). The van der Waals surface area contributed by atoms with E-state index >= 15 is 0 Å². The van der Waals surface area contributed by atoms with Crippen LogP contribution in [0, 0.1) is 5.92 Å². The van der Waals surface area contributed by atoms with Crippen LogP contribution in [0.5, 0.6) is 5.75 Å². The minimum atomic E-state index is -2.07. The highest BCUT2D eigenvalue weighted by molar-refractivity contribution is 8.04. The van der Waals surface area contributed by atoms with Gasteiger partial charge in [0, 0.05) is 5.56 Å². The highest BCUT2D eigenvalue weighted by atomic mass is 32.2. The predicted octanol–water partition coefficient (Wildman–Crippen LogP) is 4.12. The number of aliphatic carboxylic acids is 1. The summed E-state index contributed by atoms with van der Waals surface area (Å²) in [6, 6.07) is 6.57. The zero-order chi connectivity index (χ0) is 23.1. The van der Waals surface area contributed by atoms with Crippen LogP contribution in [-0.2, 0) is 14.0 Å². The van der Waals surface area contributed by atoms with Gasteiger partial charge in [0.05, 0.1) is 16.9 Å². The summed E-state index contributed by atoms with van der Waals surface area (Å²) in [5.41, 5.74) is 0.515. The number of hydrogen-bond acceptors (Lipinski definition) is 6. The van der Waals surface area contributed by atoms with Gasteiger partial charge in [0.15, 0.2) is 8.32 Å². The number of benzene rings is 1. The number of aldehydes is 1. The number of nitrogens with zero attached hydrogens (tertiary/aromatic N) is 1. The summed E-state index contributed by atoms with van der Waals surface area (Å²) in [7, 11) is -2.07. The molecule has 0 bridgehead atoms. The Kier molecular flexibility index (Phi) is 6.41. The first kappa shape index (κ1) is 23.6. The van der Waals surface area contributed by atoms with Gasteiger partial charge in [0.2, 0.25) is 5.91 Å². The van der Waals surface area contributed by atoms with E-state index in [1.807, 2.05) is 6.92 Å². The SMILES string of the molecule is C[C@@H](O[Si](C)(C)C(C)(C)C)[C@H]1C(=O)N2C(C(=O)O)=C(COc3ccc(C=O)cc3)S[C@H]12. The fraction of sp³-hybridized carbons (Fsp3) is 0.500. The smallest absolute Gasteiger partial charge is 0.353 e. The summed E-state index contributed by atoms with van der Waals surface area (Å²) in [6.07, 6.45) is 0.444. The normalized spacial score (nSPS) is 22.1. The van der Waals surface area contributed by atoms with Crippen LogP contribution in [-0.4, -0.2) is 54.6 Å². The second-order valence-corrected chi connectivity index (χ2v) is 15.3. The van der Waals surface area contributed by atoms with Gasteiger partial charge < -0.3 is 14.3 Å². The summed E-state index contributed by atoms with van der Waals surface area (Å²) >= 11 is 1.36. The van der Waals surface area contributed by atoms with Crippen molar-refractivity contribution in [2.45, 2.75) is 57.3 Å². The number of carboxylic acids is 1. The number of amides is 1. The monoisotopic (exact) mass is 463 g/mol. The third-order valence-electron chi connectivity index (χ3n) is 6.23. The lowest BCUT2D eigenvalue weighted by atomic mass is 9.92. The number of fused-ring (bicyclic) bond motifs is 1. The van der Waals surface area contributed by atoms with Crippen molar-refractivity contribution in [3.63, 3.8) is 0 Å². The molecule has 2 heterocycles. The summed E-state index contributed by atoms with van der Waals surface area (Å²) in [6.45, 7) is 12.7. The van der Waals surface area contributed by atoms with Crippen molar-refractivity contribution in [1.29, 1.82) is 0 Å². The van der Waals surface area contributed by atoms with Crippen LogP contribution in [0.3, 0.4) is 0 Å². The lowest BCUT2D eigenvalue weighted by Gasteiger charge is -2.48. The lowest BCUT2D eigenvalue weighted by molar-refractivity contribution is -0.156.